The largest absolute Gasteiger partial charge is 0.481 e. The number of methoxy groups -OCH3 is 1. The van der Waals surface area contributed by atoms with Gasteiger partial charge >= 0.3 is 5.97 Å². The van der Waals surface area contributed by atoms with Crippen LogP contribution in [0, 0.1) is 5.41 Å². The van der Waals surface area contributed by atoms with E-state index >= 15 is 0 Å². The molecule has 0 heterocycles. The molecule has 0 saturated carbocycles. The standard InChI is InChI=1S/C16H15NO3.ClH/c1-19-15(17)13-8-5-9-14(10-13)16(18)20-11-12-6-3-2-4-7-12;/h2-10,17H,11H2,1H3;1H. The Labute approximate surface area is 129 Å². The number of carbonyl (C=O) groups is 1. The summed E-state index contributed by atoms with van der Waals surface area (Å²) in [6.45, 7) is 0.228. The number of esters is 1. The maximum Gasteiger partial charge on any atom is 0.338 e. The lowest BCUT2D eigenvalue weighted by atomic mass is 10.1. The van der Waals surface area contributed by atoms with E-state index in [0.717, 1.165) is 5.56 Å². The molecule has 2 aromatic rings. The third-order valence-corrected chi connectivity index (χ3v) is 2.78. The number of carbonyl (C=O) groups excluding carboxylic acids is 1. The molecule has 0 amide bonds. The highest BCUT2D eigenvalue weighted by atomic mass is 35.5. The van der Waals surface area contributed by atoms with E-state index in [1.54, 1.807) is 24.3 Å². The molecule has 0 saturated heterocycles. The van der Waals surface area contributed by atoms with Gasteiger partial charge in [-0.2, -0.15) is 0 Å². The van der Waals surface area contributed by atoms with E-state index in [0.29, 0.717) is 11.1 Å². The van der Waals surface area contributed by atoms with Gasteiger partial charge in [-0.15, -0.1) is 12.4 Å². The maximum absolute atomic E-state index is 11.9. The summed E-state index contributed by atoms with van der Waals surface area (Å²) in [4.78, 5) is 11.9. The average molecular weight is 306 g/mol. The Balaban J connectivity index is 0.00000220. The van der Waals surface area contributed by atoms with Gasteiger partial charge in [0, 0.05) is 5.56 Å². The zero-order valence-corrected chi connectivity index (χ0v) is 12.4. The van der Waals surface area contributed by atoms with Crippen molar-refractivity contribution in [3.63, 3.8) is 0 Å². The second-order valence-electron chi connectivity index (χ2n) is 4.18. The van der Waals surface area contributed by atoms with Crippen LogP contribution in [-0.2, 0) is 16.1 Å². The van der Waals surface area contributed by atoms with E-state index in [4.69, 9.17) is 14.9 Å². The van der Waals surface area contributed by atoms with Gasteiger partial charge in [-0.05, 0) is 23.8 Å². The quantitative estimate of drug-likeness (QED) is 0.535. The fourth-order valence-electron chi connectivity index (χ4n) is 1.71. The van der Waals surface area contributed by atoms with Crippen molar-refractivity contribution in [2.24, 2.45) is 0 Å². The molecular formula is C16H16ClNO3. The summed E-state index contributed by atoms with van der Waals surface area (Å²) in [7, 11) is 1.42. The van der Waals surface area contributed by atoms with Crippen LogP contribution in [0.4, 0.5) is 0 Å². The average Bonchev–Trinajstić information content (AvgIpc) is 2.53. The Kier molecular flexibility index (Phi) is 6.43. The third-order valence-electron chi connectivity index (χ3n) is 2.78. The number of benzene rings is 2. The summed E-state index contributed by atoms with van der Waals surface area (Å²) in [6.07, 6.45) is 0. The molecule has 0 unspecified atom stereocenters. The van der Waals surface area contributed by atoms with Crippen LogP contribution in [0.5, 0.6) is 0 Å². The zero-order valence-electron chi connectivity index (χ0n) is 11.5. The summed E-state index contributed by atoms with van der Waals surface area (Å²) in [5.74, 6) is -0.401. The van der Waals surface area contributed by atoms with E-state index in [1.165, 1.54) is 7.11 Å². The van der Waals surface area contributed by atoms with Gasteiger partial charge in [0.25, 0.3) is 0 Å². The first-order chi connectivity index (χ1) is 9.70. The number of halogens is 1. The molecule has 0 aliphatic rings. The van der Waals surface area contributed by atoms with Crippen molar-refractivity contribution < 1.29 is 14.3 Å². The van der Waals surface area contributed by atoms with E-state index in [-0.39, 0.29) is 24.9 Å². The Morgan fingerprint density at radius 3 is 2.38 bits per heavy atom. The summed E-state index contributed by atoms with van der Waals surface area (Å²) in [6, 6.07) is 16.1. The Hall–Kier alpha value is -2.33. The van der Waals surface area contributed by atoms with Gasteiger partial charge in [0.2, 0.25) is 5.90 Å². The molecular weight excluding hydrogens is 290 g/mol. The minimum Gasteiger partial charge on any atom is -0.481 e. The van der Waals surface area contributed by atoms with Crippen LogP contribution in [-0.4, -0.2) is 19.0 Å². The second-order valence-corrected chi connectivity index (χ2v) is 4.18. The van der Waals surface area contributed by atoms with Crippen LogP contribution in [0.3, 0.4) is 0 Å². The number of ether oxygens (including phenoxy) is 2. The predicted octanol–water partition coefficient (Wildman–Crippen LogP) is 3.44. The van der Waals surface area contributed by atoms with Crippen molar-refractivity contribution in [2.45, 2.75) is 6.61 Å². The number of hydrogen-bond acceptors (Lipinski definition) is 4. The van der Waals surface area contributed by atoms with Gasteiger partial charge in [-0.25, -0.2) is 4.79 Å². The van der Waals surface area contributed by atoms with Crippen LogP contribution in [0.2, 0.25) is 0 Å². The van der Waals surface area contributed by atoms with E-state index in [1.807, 2.05) is 30.3 Å². The highest BCUT2D eigenvalue weighted by Crippen LogP contribution is 2.10. The molecule has 0 radical (unpaired) electrons. The van der Waals surface area contributed by atoms with Crippen molar-refractivity contribution in [2.75, 3.05) is 7.11 Å². The minimum absolute atomic E-state index is 0. The molecule has 4 nitrogen and oxygen atoms in total. The van der Waals surface area contributed by atoms with Crippen LogP contribution in [0.1, 0.15) is 21.5 Å². The molecule has 0 aromatic heterocycles. The normalized spacial score (nSPS) is 9.38. The lowest BCUT2D eigenvalue weighted by Crippen LogP contribution is -2.08. The molecule has 1 N–H and O–H groups in total. The van der Waals surface area contributed by atoms with Crippen molar-refractivity contribution in [3.8, 4) is 0 Å². The molecule has 2 rings (SSSR count). The molecule has 0 spiro atoms. The van der Waals surface area contributed by atoms with Gasteiger partial charge in [0.15, 0.2) is 0 Å². The SMILES string of the molecule is COC(=N)c1cccc(C(=O)OCc2ccccc2)c1.Cl. The van der Waals surface area contributed by atoms with Crippen LogP contribution in [0.15, 0.2) is 54.6 Å². The summed E-state index contributed by atoms with van der Waals surface area (Å²) >= 11 is 0. The topological polar surface area (TPSA) is 59.4 Å². The zero-order chi connectivity index (χ0) is 14.4. The van der Waals surface area contributed by atoms with E-state index < -0.39 is 5.97 Å². The van der Waals surface area contributed by atoms with Crippen molar-refractivity contribution in [1.82, 2.24) is 0 Å². The second kappa shape index (κ2) is 8.07. The molecule has 0 bridgehead atoms. The summed E-state index contributed by atoms with van der Waals surface area (Å²) in [5, 5.41) is 7.58. The smallest absolute Gasteiger partial charge is 0.338 e. The first-order valence-electron chi connectivity index (χ1n) is 6.14. The highest BCUT2D eigenvalue weighted by Gasteiger charge is 2.10. The van der Waals surface area contributed by atoms with Crippen LogP contribution < -0.4 is 0 Å². The first kappa shape index (κ1) is 16.7. The maximum atomic E-state index is 11.9. The predicted molar refractivity (Wildman–Crippen MR) is 83.1 cm³/mol. The third kappa shape index (κ3) is 4.61. The Bertz CT molecular complexity index is 614. The highest BCUT2D eigenvalue weighted by molar-refractivity contribution is 5.96. The van der Waals surface area contributed by atoms with E-state index in [2.05, 4.69) is 0 Å². The molecule has 0 fully saturated rings. The van der Waals surface area contributed by atoms with Crippen molar-refractivity contribution >= 4 is 24.3 Å². The molecule has 110 valence electrons. The lowest BCUT2D eigenvalue weighted by molar-refractivity contribution is 0.0472. The van der Waals surface area contributed by atoms with Crippen LogP contribution >= 0.6 is 12.4 Å². The first-order valence-corrected chi connectivity index (χ1v) is 6.14. The fourth-order valence-corrected chi connectivity index (χ4v) is 1.71. The van der Waals surface area contributed by atoms with E-state index in [9.17, 15) is 4.79 Å². The van der Waals surface area contributed by atoms with Crippen molar-refractivity contribution in [1.29, 1.82) is 5.41 Å². The molecule has 0 aliphatic carbocycles. The Morgan fingerprint density at radius 2 is 1.71 bits per heavy atom. The number of nitrogens with one attached hydrogen (secondary N) is 1. The van der Waals surface area contributed by atoms with Gasteiger partial charge in [-0.3, -0.25) is 5.41 Å². The summed E-state index contributed by atoms with van der Waals surface area (Å²) < 4.78 is 10.1. The van der Waals surface area contributed by atoms with Crippen LogP contribution in [0.25, 0.3) is 0 Å². The Morgan fingerprint density at radius 1 is 1.05 bits per heavy atom. The lowest BCUT2D eigenvalue weighted by Gasteiger charge is -2.07. The number of hydrogen-bond donors (Lipinski definition) is 1. The van der Waals surface area contributed by atoms with Crippen molar-refractivity contribution in [3.05, 3.63) is 71.3 Å². The molecule has 5 heteroatoms. The minimum atomic E-state index is -0.417. The molecule has 0 aliphatic heterocycles. The summed E-state index contributed by atoms with van der Waals surface area (Å²) in [5.41, 5.74) is 1.88. The molecule has 21 heavy (non-hydrogen) atoms. The van der Waals surface area contributed by atoms with Gasteiger partial charge in [0.1, 0.15) is 6.61 Å². The number of rotatable bonds is 4. The fraction of sp³-hybridized carbons (Fsp3) is 0.125. The monoisotopic (exact) mass is 305 g/mol. The van der Waals surface area contributed by atoms with Gasteiger partial charge < -0.3 is 9.47 Å². The molecule has 0 atom stereocenters. The van der Waals surface area contributed by atoms with Gasteiger partial charge in [0.05, 0.1) is 12.7 Å². The van der Waals surface area contributed by atoms with Gasteiger partial charge in [-0.1, -0.05) is 36.4 Å². The molecule has 2 aromatic carbocycles.